The van der Waals surface area contributed by atoms with Crippen LogP contribution >= 0.6 is 11.6 Å². The Hall–Kier alpha value is -2.28. The third kappa shape index (κ3) is 4.61. The fraction of sp³-hybridized carbons (Fsp3) is 0.250. The van der Waals surface area contributed by atoms with Crippen molar-refractivity contribution >= 4 is 34.7 Å². The zero-order valence-electron chi connectivity index (χ0n) is 12.9. The number of carbonyl (C=O) groups is 1. The normalized spacial score (nSPS) is 11.5. The van der Waals surface area contributed by atoms with Crippen LogP contribution in [0.15, 0.2) is 36.5 Å². The molecule has 0 unspecified atom stereocenters. The second kappa shape index (κ2) is 7.09. The second-order valence-electron chi connectivity index (χ2n) is 5.39. The van der Waals surface area contributed by atoms with Gasteiger partial charge in [0.2, 0.25) is 5.91 Å². The summed E-state index contributed by atoms with van der Waals surface area (Å²) in [6.45, 7) is 3.52. The minimum absolute atomic E-state index is 0.0953. The maximum absolute atomic E-state index is 12.8. The molecule has 0 aliphatic heterocycles. The Kier molecular flexibility index (Phi) is 5.33. The molecule has 2 rings (SSSR count). The highest BCUT2D eigenvalue weighted by atomic mass is 35.5. The average Bonchev–Trinajstić information content (AvgIpc) is 2.50. The number of hydrogen-bond acceptors (Lipinski definition) is 3. The van der Waals surface area contributed by atoms with E-state index < -0.39 is 11.7 Å². The Morgan fingerprint density at radius 3 is 2.46 bits per heavy atom. The molecular formula is C16H15ClF3N3O. The van der Waals surface area contributed by atoms with Crippen LogP contribution in [0.4, 0.5) is 30.4 Å². The molecule has 4 nitrogen and oxygen atoms in total. The Labute approximate surface area is 142 Å². The van der Waals surface area contributed by atoms with Crippen molar-refractivity contribution in [2.75, 3.05) is 10.6 Å². The number of benzene rings is 1. The Balaban J connectivity index is 2.15. The Morgan fingerprint density at radius 2 is 1.92 bits per heavy atom. The molecule has 0 spiro atoms. The topological polar surface area (TPSA) is 54.0 Å². The van der Waals surface area contributed by atoms with Gasteiger partial charge in [-0.1, -0.05) is 25.4 Å². The predicted molar refractivity (Wildman–Crippen MR) is 87.4 cm³/mol. The van der Waals surface area contributed by atoms with E-state index in [1.165, 1.54) is 18.3 Å². The average molecular weight is 358 g/mol. The number of rotatable bonds is 4. The van der Waals surface area contributed by atoms with Gasteiger partial charge in [0.15, 0.2) is 0 Å². The Bertz CT molecular complexity index is 730. The molecule has 0 saturated carbocycles. The van der Waals surface area contributed by atoms with E-state index in [-0.39, 0.29) is 22.5 Å². The number of amides is 1. The molecule has 1 heterocycles. The highest BCUT2D eigenvalue weighted by Gasteiger charge is 2.31. The van der Waals surface area contributed by atoms with E-state index in [9.17, 15) is 18.0 Å². The van der Waals surface area contributed by atoms with Crippen LogP contribution in [0.2, 0.25) is 5.02 Å². The van der Waals surface area contributed by atoms with Crippen molar-refractivity contribution in [2.24, 2.45) is 5.92 Å². The summed E-state index contributed by atoms with van der Waals surface area (Å²) in [5.74, 6) is -0.0241. The van der Waals surface area contributed by atoms with Crippen molar-refractivity contribution in [3.63, 3.8) is 0 Å². The van der Waals surface area contributed by atoms with Gasteiger partial charge in [0.25, 0.3) is 0 Å². The lowest BCUT2D eigenvalue weighted by molar-refractivity contribution is -0.137. The smallest absolute Gasteiger partial charge is 0.339 e. The van der Waals surface area contributed by atoms with Gasteiger partial charge in [0.05, 0.1) is 28.2 Å². The van der Waals surface area contributed by atoms with Gasteiger partial charge in [-0.05, 0) is 30.3 Å². The SMILES string of the molecule is CC(C)C(=O)Nc1ccc(Nc2cc(C(F)(F)F)ccc2Cl)nc1. The third-order valence-electron chi connectivity index (χ3n) is 3.11. The third-order valence-corrected chi connectivity index (χ3v) is 3.44. The van der Waals surface area contributed by atoms with Crippen LogP contribution in [0.25, 0.3) is 0 Å². The molecule has 0 radical (unpaired) electrons. The maximum atomic E-state index is 12.8. The van der Waals surface area contributed by atoms with E-state index in [0.29, 0.717) is 11.5 Å². The lowest BCUT2D eigenvalue weighted by Crippen LogP contribution is -2.17. The first kappa shape index (κ1) is 18.1. The first-order valence-electron chi connectivity index (χ1n) is 7.07. The van der Waals surface area contributed by atoms with Crippen molar-refractivity contribution in [1.29, 1.82) is 0 Å². The molecule has 0 atom stereocenters. The molecule has 24 heavy (non-hydrogen) atoms. The number of anilines is 3. The minimum atomic E-state index is -4.46. The quantitative estimate of drug-likeness (QED) is 0.801. The summed E-state index contributed by atoms with van der Waals surface area (Å²) >= 11 is 5.92. The van der Waals surface area contributed by atoms with Crippen LogP contribution in [0.5, 0.6) is 0 Å². The first-order valence-corrected chi connectivity index (χ1v) is 7.45. The van der Waals surface area contributed by atoms with E-state index in [4.69, 9.17) is 11.6 Å². The first-order chi connectivity index (χ1) is 11.2. The van der Waals surface area contributed by atoms with Gasteiger partial charge in [-0.15, -0.1) is 0 Å². The molecule has 2 N–H and O–H groups in total. The molecule has 0 saturated heterocycles. The van der Waals surface area contributed by atoms with Gasteiger partial charge in [0.1, 0.15) is 5.82 Å². The summed E-state index contributed by atoms with van der Waals surface area (Å²) in [5, 5.41) is 5.54. The molecular weight excluding hydrogens is 343 g/mol. The summed E-state index contributed by atoms with van der Waals surface area (Å²) in [6.07, 6.45) is -3.05. The largest absolute Gasteiger partial charge is 0.416 e. The van der Waals surface area contributed by atoms with Crippen LogP contribution in [-0.4, -0.2) is 10.9 Å². The number of halogens is 4. The summed E-state index contributed by atoms with van der Waals surface area (Å²) in [7, 11) is 0. The molecule has 1 aromatic heterocycles. The molecule has 2 aromatic rings. The second-order valence-corrected chi connectivity index (χ2v) is 5.80. The molecule has 0 fully saturated rings. The molecule has 0 bridgehead atoms. The number of nitrogens with zero attached hydrogens (tertiary/aromatic N) is 1. The van der Waals surface area contributed by atoms with Crippen LogP contribution in [0.3, 0.4) is 0 Å². The van der Waals surface area contributed by atoms with E-state index in [0.717, 1.165) is 12.1 Å². The number of pyridine rings is 1. The van der Waals surface area contributed by atoms with Crippen LogP contribution < -0.4 is 10.6 Å². The number of hydrogen-bond donors (Lipinski definition) is 2. The Morgan fingerprint density at radius 1 is 1.21 bits per heavy atom. The summed E-state index contributed by atoms with van der Waals surface area (Å²) in [4.78, 5) is 15.6. The van der Waals surface area contributed by atoms with Gasteiger partial charge < -0.3 is 10.6 Å². The summed E-state index contributed by atoms with van der Waals surface area (Å²) in [6, 6.07) is 6.12. The minimum Gasteiger partial charge on any atom is -0.339 e. The molecule has 0 aliphatic rings. The van der Waals surface area contributed by atoms with Crippen LogP contribution in [-0.2, 0) is 11.0 Å². The van der Waals surface area contributed by atoms with Crippen molar-refractivity contribution < 1.29 is 18.0 Å². The van der Waals surface area contributed by atoms with Crippen molar-refractivity contribution in [3.05, 3.63) is 47.1 Å². The van der Waals surface area contributed by atoms with E-state index >= 15 is 0 Å². The highest BCUT2D eigenvalue weighted by molar-refractivity contribution is 6.33. The standard InChI is InChI=1S/C16H15ClF3N3O/c1-9(2)15(24)22-11-4-6-14(21-8-11)23-13-7-10(16(18,19)20)3-5-12(13)17/h3-9H,1-2H3,(H,21,23)(H,22,24). The monoisotopic (exact) mass is 357 g/mol. The van der Waals surface area contributed by atoms with Crippen LogP contribution in [0, 0.1) is 5.92 Å². The van der Waals surface area contributed by atoms with Gasteiger partial charge in [-0.2, -0.15) is 13.2 Å². The number of nitrogens with one attached hydrogen (secondary N) is 2. The van der Waals surface area contributed by atoms with Gasteiger partial charge >= 0.3 is 6.18 Å². The molecule has 128 valence electrons. The predicted octanol–water partition coefficient (Wildman–Crippen LogP) is 5.09. The molecule has 1 amide bonds. The van der Waals surface area contributed by atoms with Crippen molar-refractivity contribution in [3.8, 4) is 0 Å². The van der Waals surface area contributed by atoms with Crippen molar-refractivity contribution in [1.82, 2.24) is 4.98 Å². The molecule has 0 aliphatic carbocycles. The number of aromatic nitrogens is 1. The maximum Gasteiger partial charge on any atom is 0.416 e. The van der Waals surface area contributed by atoms with Gasteiger partial charge in [-0.25, -0.2) is 4.98 Å². The van der Waals surface area contributed by atoms with Crippen LogP contribution in [0.1, 0.15) is 19.4 Å². The fourth-order valence-corrected chi connectivity index (χ4v) is 1.93. The fourth-order valence-electron chi connectivity index (χ4n) is 1.76. The van der Waals surface area contributed by atoms with Crippen molar-refractivity contribution in [2.45, 2.75) is 20.0 Å². The summed E-state index contributed by atoms with van der Waals surface area (Å²) < 4.78 is 38.3. The van der Waals surface area contributed by atoms with Gasteiger partial charge in [-0.3, -0.25) is 4.79 Å². The van der Waals surface area contributed by atoms with E-state index in [1.807, 2.05) is 0 Å². The molecule has 8 heteroatoms. The number of alkyl halides is 3. The zero-order chi connectivity index (χ0) is 17.9. The molecule has 1 aromatic carbocycles. The summed E-state index contributed by atoms with van der Waals surface area (Å²) in [5.41, 5.74) is -0.220. The lowest BCUT2D eigenvalue weighted by atomic mass is 10.2. The van der Waals surface area contributed by atoms with Gasteiger partial charge in [0, 0.05) is 5.92 Å². The number of carbonyl (C=O) groups excluding carboxylic acids is 1. The zero-order valence-corrected chi connectivity index (χ0v) is 13.7. The lowest BCUT2D eigenvalue weighted by Gasteiger charge is -2.12. The van der Waals surface area contributed by atoms with E-state index in [2.05, 4.69) is 15.6 Å². The van der Waals surface area contributed by atoms with E-state index in [1.54, 1.807) is 19.9 Å². The highest BCUT2D eigenvalue weighted by Crippen LogP contribution is 2.34.